The van der Waals surface area contributed by atoms with E-state index in [1.807, 2.05) is 0 Å². The van der Waals surface area contributed by atoms with Crippen LogP contribution >= 0.6 is 12.9 Å². The molecule has 0 spiro atoms. The van der Waals surface area contributed by atoms with Crippen molar-refractivity contribution in [3.63, 3.8) is 0 Å². The summed E-state index contributed by atoms with van der Waals surface area (Å²) in [5, 5.41) is 85.3. The van der Waals surface area contributed by atoms with E-state index in [4.69, 9.17) is 18.3 Å². The second-order valence-electron chi connectivity index (χ2n) is 5.12. The summed E-state index contributed by atoms with van der Waals surface area (Å²) in [7, 11) is 4.86. The Morgan fingerprint density at radius 2 is 1.08 bits per heavy atom. The van der Waals surface area contributed by atoms with E-state index in [0.717, 1.165) is 0 Å². The van der Waals surface area contributed by atoms with Crippen LogP contribution in [0.2, 0.25) is 0 Å². The molecule has 0 aromatic rings. The molecular weight excluding hydrogens is 351 g/mol. The van der Waals surface area contributed by atoms with Crippen molar-refractivity contribution in [1.82, 2.24) is 0 Å². The second kappa shape index (κ2) is 11.6. The van der Waals surface area contributed by atoms with Gasteiger partial charge in [-0.05, 0) is 12.9 Å². The fourth-order valence-corrected chi connectivity index (χ4v) is 2.20. The van der Waals surface area contributed by atoms with Gasteiger partial charge in [-0.1, -0.05) is 0 Å². The highest BCUT2D eigenvalue weighted by atomic mass is 32.1. The molecule has 0 aromatic heterocycles. The molecule has 9 unspecified atom stereocenters. The number of thiol groups is 1. The van der Waals surface area contributed by atoms with E-state index in [1.165, 1.54) is 0 Å². The molecule has 0 aliphatic rings. The van der Waals surface area contributed by atoms with Gasteiger partial charge in [-0.3, -0.25) is 0 Å². The molecule has 0 fully saturated rings. The molecule has 9 atom stereocenters. The van der Waals surface area contributed by atoms with Crippen molar-refractivity contribution in [3.05, 3.63) is 0 Å². The minimum Gasteiger partial charge on any atom is -0.440 e. The molecule has 0 amide bonds. The monoisotopic (exact) mass is 374 g/mol. The Morgan fingerprint density at radius 1 is 0.667 bits per heavy atom. The Labute approximate surface area is 144 Å². The van der Waals surface area contributed by atoms with Crippen molar-refractivity contribution in [2.24, 2.45) is 0 Å². The van der Waals surface area contributed by atoms with Crippen LogP contribution in [0.25, 0.3) is 0 Å². The van der Waals surface area contributed by atoms with Gasteiger partial charge in [-0.2, -0.15) is 0 Å². The van der Waals surface area contributed by atoms with Crippen LogP contribution in [0.1, 0.15) is 0 Å². The van der Waals surface area contributed by atoms with Gasteiger partial charge in [0.25, 0.3) is 8.05 Å². The molecule has 0 heterocycles. The molecule has 9 N–H and O–H groups in total. The van der Waals surface area contributed by atoms with Crippen molar-refractivity contribution in [2.45, 2.75) is 54.9 Å². The summed E-state index contributed by atoms with van der Waals surface area (Å²) in [5.41, 5.74) is 0. The van der Waals surface area contributed by atoms with Crippen molar-refractivity contribution in [3.8, 4) is 0 Å². The van der Waals surface area contributed by atoms with Crippen LogP contribution in [0.4, 0.5) is 0 Å². The average Bonchev–Trinajstić information content (AvgIpc) is 2.59. The van der Waals surface area contributed by atoms with Gasteiger partial charge in [-0.25, -0.2) is 0 Å². The highest BCUT2D eigenvalue weighted by Crippen LogP contribution is 2.20. The molecule has 13 heteroatoms. The highest BCUT2D eigenvalue weighted by Gasteiger charge is 2.43. The fourth-order valence-electron chi connectivity index (χ4n) is 1.95. The van der Waals surface area contributed by atoms with Crippen molar-refractivity contribution >= 4 is 21.0 Å². The molecule has 142 valence electrons. The van der Waals surface area contributed by atoms with Gasteiger partial charge < -0.3 is 54.8 Å². The second-order valence-corrected chi connectivity index (χ2v) is 5.33. The quantitative estimate of drug-likeness (QED) is 0.0886. The van der Waals surface area contributed by atoms with E-state index in [2.05, 4.69) is 21.7 Å². The standard InChI is InChI=1S/C11H23BO11S/c12-22-10(4(16)2-14)8(20)9(21)11(23-24)7(19)6(18)5(17)3(15)1-13/h3-11,13-21,24H,1-2H2. The number of aliphatic hydroxyl groups excluding tert-OH is 9. The Hall–Kier alpha value is -0.0251. The molecule has 0 saturated carbocycles. The predicted molar refractivity (Wildman–Crippen MR) is 80.7 cm³/mol. The Morgan fingerprint density at radius 3 is 1.46 bits per heavy atom. The minimum absolute atomic E-state index is 0.870. The maximum Gasteiger partial charge on any atom is 0.283 e. The van der Waals surface area contributed by atoms with E-state index in [0.29, 0.717) is 0 Å². The molecule has 0 rings (SSSR count). The molecule has 0 aliphatic carbocycles. The lowest BCUT2D eigenvalue weighted by Gasteiger charge is -2.36. The minimum atomic E-state index is -2.11. The number of hydrogen-bond acceptors (Lipinski definition) is 12. The maximum atomic E-state index is 10.0. The van der Waals surface area contributed by atoms with Gasteiger partial charge >= 0.3 is 0 Å². The molecule has 2 radical (unpaired) electrons. The number of aliphatic hydroxyl groups is 9. The summed E-state index contributed by atoms with van der Waals surface area (Å²) in [6.07, 6.45) is -17.3. The third kappa shape index (κ3) is 6.05. The molecule has 0 saturated heterocycles. The summed E-state index contributed by atoms with van der Waals surface area (Å²) >= 11 is 3.38. The van der Waals surface area contributed by atoms with Gasteiger partial charge in [0.2, 0.25) is 0 Å². The van der Waals surface area contributed by atoms with Crippen molar-refractivity contribution in [1.29, 1.82) is 0 Å². The fraction of sp³-hybridized carbons (Fsp3) is 1.00. The summed E-state index contributed by atoms with van der Waals surface area (Å²) in [4.78, 5) is 0. The summed E-state index contributed by atoms with van der Waals surface area (Å²) in [5.74, 6) is 0. The van der Waals surface area contributed by atoms with Crippen LogP contribution in [0.15, 0.2) is 0 Å². The van der Waals surface area contributed by atoms with E-state index >= 15 is 0 Å². The number of hydrogen-bond donors (Lipinski definition) is 10. The van der Waals surface area contributed by atoms with Crippen molar-refractivity contribution < 1.29 is 54.8 Å². The van der Waals surface area contributed by atoms with Gasteiger partial charge in [0.15, 0.2) is 0 Å². The molecular formula is C11H23BO11S. The molecule has 0 aliphatic heterocycles. The van der Waals surface area contributed by atoms with E-state index in [9.17, 15) is 35.7 Å². The summed E-state index contributed by atoms with van der Waals surface area (Å²) < 4.78 is 8.72. The first-order chi connectivity index (χ1) is 11.2. The van der Waals surface area contributed by atoms with Crippen LogP contribution < -0.4 is 0 Å². The smallest absolute Gasteiger partial charge is 0.283 e. The van der Waals surface area contributed by atoms with Gasteiger partial charge in [-0.15, -0.1) is 0 Å². The first-order valence-corrected chi connectivity index (χ1v) is 7.18. The first kappa shape index (κ1) is 24.0. The Kier molecular flexibility index (Phi) is 11.6. The molecule has 0 bridgehead atoms. The molecule has 11 nitrogen and oxygen atoms in total. The SMILES string of the molecule is [B]OC(C(O)CO)C(O)C(O)C(OS)C(O)C(O)C(O)C(O)CO. The normalized spacial score (nSPS) is 23.6. The van der Waals surface area contributed by atoms with E-state index in [-0.39, 0.29) is 0 Å². The lowest BCUT2D eigenvalue weighted by Crippen LogP contribution is -2.58. The van der Waals surface area contributed by atoms with Crippen LogP contribution in [0.5, 0.6) is 0 Å². The average molecular weight is 374 g/mol. The summed E-state index contributed by atoms with van der Waals surface area (Å²) in [6.45, 7) is -1.79. The van der Waals surface area contributed by atoms with Crippen LogP contribution in [0.3, 0.4) is 0 Å². The van der Waals surface area contributed by atoms with Crippen LogP contribution in [-0.2, 0) is 8.84 Å². The van der Waals surface area contributed by atoms with Crippen LogP contribution in [0, 0.1) is 0 Å². The zero-order valence-electron chi connectivity index (χ0n) is 12.5. The number of rotatable bonds is 12. The highest BCUT2D eigenvalue weighted by molar-refractivity contribution is 7.75. The van der Waals surface area contributed by atoms with E-state index in [1.54, 1.807) is 0 Å². The Bertz CT molecular complexity index is 341. The van der Waals surface area contributed by atoms with Gasteiger partial charge in [0.1, 0.15) is 48.8 Å². The lowest BCUT2D eigenvalue weighted by molar-refractivity contribution is -0.175. The maximum absolute atomic E-state index is 10.0. The first-order valence-electron chi connectivity index (χ1n) is 6.81. The topological polar surface area (TPSA) is 201 Å². The zero-order valence-corrected chi connectivity index (χ0v) is 13.4. The molecule has 24 heavy (non-hydrogen) atoms. The largest absolute Gasteiger partial charge is 0.440 e. The van der Waals surface area contributed by atoms with Crippen molar-refractivity contribution in [2.75, 3.05) is 13.2 Å². The Balaban J connectivity index is 5.15. The summed E-state index contributed by atoms with van der Waals surface area (Å²) in [6, 6.07) is 0. The lowest BCUT2D eigenvalue weighted by atomic mass is 9.91. The predicted octanol–water partition coefficient (Wildman–Crippen LogP) is -5.80. The van der Waals surface area contributed by atoms with E-state index < -0.39 is 68.1 Å². The molecule has 0 aromatic carbocycles. The van der Waals surface area contributed by atoms with Crippen LogP contribution in [-0.4, -0.2) is 122 Å². The zero-order chi connectivity index (χ0) is 19.0. The van der Waals surface area contributed by atoms with Gasteiger partial charge in [0.05, 0.1) is 19.3 Å². The third-order valence-electron chi connectivity index (χ3n) is 3.49. The third-order valence-corrected chi connectivity index (χ3v) is 3.73. The van der Waals surface area contributed by atoms with Gasteiger partial charge in [0, 0.05) is 0 Å².